The first kappa shape index (κ1) is 17.6. The van der Waals surface area contributed by atoms with Crippen LogP contribution in [0.2, 0.25) is 24.2 Å². The summed E-state index contributed by atoms with van der Waals surface area (Å²) in [7, 11) is 0.286. The summed E-state index contributed by atoms with van der Waals surface area (Å²) >= 11 is 0. The lowest BCUT2D eigenvalue weighted by molar-refractivity contribution is 0.404. The molecule has 1 aromatic rings. The van der Waals surface area contributed by atoms with Crippen LogP contribution in [0.3, 0.4) is 0 Å². The molecule has 0 fully saturated rings. The molecule has 0 aromatic heterocycles. The fourth-order valence-corrected chi connectivity index (χ4v) is 9.01. The van der Waals surface area contributed by atoms with Crippen molar-refractivity contribution in [1.29, 1.82) is 0 Å². The third-order valence-electron chi connectivity index (χ3n) is 5.00. The predicted octanol–water partition coefficient (Wildman–Crippen LogP) is 3.36. The summed E-state index contributed by atoms with van der Waals surface area (Å²) < 4.78 is 11.9. The summed E-state index contributed by atoms with van der Waals surface area (Å²) in [6, 6.07) is 13.7. The summed E-state index contributed by atoms with van der Waals surface area (Å²) in [5.41, 5.74) is 0. The van der Waals surface area contributed by atoms with E-state index in [-0.39, 0.29) is 0 Å². The third kappa shape index (κ3) is 3.08. The molecule has 2 nitrogen and oxygen atoms in total. The molecular weight excluding hydrogens is 280 g/mol. The summed E-state index contributed by atoms with van der Waals surface area (Å²) in [6.07, 6.45) is 0. The second-order valence-electron chi connectivity index (χ2n) is 5.39. The molecule has 0 heterocycles. The Kier molecular flexibility index (Phi) is 6.65. The molecule has 0 spiro atoms. The Bertz CT molecular complexity index is 340. The Morgan fingerprint density at radius 3 is 1.05 bits per heavy atom. The predicted molar refractivity (Wildman–Crippen MR) is 93.2 cm³/mol. The molecule has 0 aliphatic heterocycles. The van der Waals surface area contributed by atoms with Crippen molar-refractivity contribution in [2.45, 2.75) is 51.9 Å². The average Bonchev–Trinajstić information content (AvgIpc) is 2.53. The molecule has 0 aliphatic rings. The van der Waals surface area contributed by atoms with Crippen molar-refractivity contribution in [2.24, 2.45) is 0 Å². The zero-order valence-electron chi connectivity index (χ0n) is 14.0. The van der Waals surface area contributed by atoms with E-state index in [4.69, 9.17) is 8.85 Å². The summed E-state index contributed by atoms with van der Waals surface area (Å²) in [5, 5.41) is 2.83. The quantitative estimate of drug-likeness (QED) is 0.686. The van der Waals surface area contributed by atoms with Gasteiger partial charge in [-0.15, -0.1) is 0 Å². The van der Waals surface area contributed by atoms with Crippen molar-refractivity contribution >= 4 is 27.0 Å². The lowest BCUT2D eigenvalue weighted by Crippen LogP contribution is -2.52. The van der Waals surface area contributed by atoms with Gasteiger partial charge < -0.3 is 8.85 Å². The molecular formula is C16H30O2Si2. The lowest BCUT2D eigenvalue weighted by atomic mass is 10.4. The fraction of sp³-hybridized carbons (Fsp3) is 0.625. The topological polar surface area (TPSA) is 18.5 Å². The van der Waals surface area contributed by atoms with E-state index in [0.717, 1.165) is 24.2 Å². The van der Waals surface area contributed by atoms with Gasteiger partial charge in [-0.25, -0.2) is 0 Å². The van der Waals surface area contributed by atoms with E-state index in [0.29, 0.717) is 0 Å². The minimum atomic E-state index is -1.73. The number of benzene rings is 1. The Morgan fingerprint density at radius 2 is 0.900 bits per heavy atom. The maximum absolute atomic E-state index is 5.95. The van der Waals surface area contributed by atoms with Crippen molar-refractivity contribution in [2.75, 3.05) is 14.2 Å². The van der Waals surface area contributed by atoms with Gasteiger partial charge in [-0.05, 0) is 34.5 Å². The van der Waals surface area contributed by atoms with Gasteiger partial charge in [0.2, 0.25) is 16.6 Å². The van der Waals surface area contributed by atoms with Crippen LogP contribution in [0.5, 0.6) is 0 Å². The van der Waals surface area contributed by atoms with E-state index in [1.807, 2.05) is 14.2 Å². The van der Waals surface area contributed by atoms with Crippen LogP contribution in [0.4, 0.5) is 0 Å². The SMILES string of the molecule is CC[Si](CC)(OC)c1ccc([Si](CC)(CC)OC)cc1. The molecule has 0 amide bonds. The second-order valence-corrected chi connectivity index (χ2v) is 14.2. The van der Waals surface area contributed by atoms with E-state index in [9.17, 15) is 0 Å². The highest BCUT2D eigenvalue weighted by molar-refractivity contribution is 6.88. The molecule has 1 rings (SSSR count). The zero-order valence-corrected chi connectivity index (χ0v) is 16.0. The van der Waals surface area contributed by atoms with Crippen molar-refractivity contribution < 1.29 is 8.85 Å². The molecule has 0 saturated heterocycles. The van der Waals surface area contributed by atoms with Crippen LogP contribution in [-0.4, -0.2) is 30.9 Å². The highest BCUT2D eigenvalue weighted by Crippen LogP contribution is 2.18. The highest BCUT2D eigenvalue weighted by Gasteiger charge is 2.35. The summed E-state index contributed by atoms with van der Waals surface area (Å²) in [4.78, 5) is 0. The van der Waals surface area contributed by atoms with Gasteiger partial charge in [0.1, 0.15) is 0 Å². The normalized spacial score (nSPS) is 12.7. The maximum Gasteiger partial charge on any atom is 0.223 e. The van der Waals surface area contributed by atoms with Crippen molar-refractivity contribution in [1.82, 2.24) is 0 Å². The van der Waals surface area contributed by atoms with Crippen LogP contribution in [0.15, 0.2) is 24.3 Å². The molecule has 114 valence electrons. The molecule has 4 heteroatoms. The Hall–Kier alpha value is -0.426. The summed E-state index contributed by atoms with van der Waals surface area (Å²) in [6.45, 7) is 9.00. The maximum atomic E-state index is 5.95. The van der Waals surface area contributed by atoms with Gasteiger partial charge in [0.15, 0.2) is 0 Å². The monoisotopic (exact) mass is 310 g/mol. The van der Waals surface area contributed by atoms with E-state index in [1.54, 1.807) is 0 Å². The van der Waals surface area contributed by atoms with Crippen LogP contribution in [0.1, 0.15) is 27.7 Å². The highest BCUT2D eigenvalue weighted by atomic mass is 28.4. The lowest BCUT2D eigenvalue weighted by Gasteiger charge is -2.30. The molecule has 0 atom stereocenters. The summed E-state index contributed by atoms with van der Waals surface area (Å²) in [5.74, 6) is 0. The van der Waals surface area contributed by atoms with E-state index < -0.39 is 16.6 Å². The first-order valence-electron chi connectivity index (χ1n) is 7.79. The van der Waals surface area contributed by atoms with Crippen molar-refractivity contribution in [3.05, 3.63) is 24.3 Å². The van der Waals surface area contributed by atoms with E-state index in [1.165, 1.54) is 10.4 Å². The zero-order chi connectivity index (χ0) is 15.2. The standard InChI is InChI=1S/C16H30O2Si2/c1-7-19(8-2,17-5)15-11-13-16(14-12-15)20(9-3,10-4)18-6/h11-14H,7-10H2,1-6H3. The molecule has 0 bridgehead atoms. The van der Waals surface area contributed by atoms with Gasteiger partial charge in [0.25, 0.3) is 0 Å². The molecule has 1 aromatic carbocycles. The minimum absolute atomic E-state index is 1.13. The Labute approximate surface area is 126 Å². The van der Waals surface area contributed by atoms with Gasteiger partial charge in [0, 0.05) is 14.2 Å². The minimum Gasteiger partial charge on any atom is -0.416 e. The Balaban J connectivity index is 3.16. The molecule has 0 unspecified atom stereocenters. The van der Waals surface area contributed by atoms with E-state index in [2.05, 4.69) is 52.0 Å². The smallest absolute Gasteiger partial charge is 0.223 e. The van der Waals surface area contributed by atoms with Crippen LogP contribution in [-0.2, 0) is 8.85 Å². The first-order valence-corrected chi connectivity index (χ1v) is 12.4. The third-order valence-corrected chi connectivity index (χ3v) is 13.9. The number of rotatable bonds is 8. The largest absolute Gasteiger partial charge is 0.416 e. The molecule has 20 heavy (non-hydrogen) atoms. The fourth-order valence-electron chi connectivity index (χ4n) is 3.21. The molecule has 0 radical (unpaired) electrons. The average molecular weight is 311 g/mol. The second kappa shape index (κ2) is 7.54. The van der Waals surface area contributed by atoms with Crippen LogP contribution in [0.25, 0.3) is 0 Å². The Morgan fingerprint density at radius 1 is 0.650 bits per heavy atom. The van der Waals surface area contributed by atoms with Gasteiger partial charge in [0.05, 0.1) is 0 Å². The number of hydrogen-bond donors (Lipinski definition) is 0. The van der Waals surface area contributed by atoms with Gasteiger partial charge in [-0.1, -0.05) is 52.0 Å². The van der Waals surface area contributed by atoms with Gasteiger partial charge >= 0.3 is 0 Å². The van der Waals surface area contributed by atoms with E-state index >= 15 is 0 Å². The molecule has 0 saturated carbocycles. The van der Waals surface area contributed by atoms with Gasteiger partial charge in [-0.3, -0.25) is 0 Å². The number of hydrogen-bond acceptors (Lipinski definition) is 2. The van der Waals surface area contributed by atoms with Crippen molar-refractivity contribution in [3.8, 4) is 0 Å². The van der Waals surface area contributed by atoms with Crippen LogP contribution < -0.4 is 10.4 Å². The molecule has 0 N–H and O–H groups in total. The van der Waals surface area contributed by atoms with Crippen LogP contribution >= 0.6 is 0 Å². The van der Waals surface area contributed by atoms with Gasteiger partial charge in [-0.2, -0.15) is 0 Å². The van der Waals surface area contributed by atoms with Crippen LogP contribution in [0, 0.1) is 0 Å². The first-order chi connectivity index (χ1) is 9.57. The van der Waals surface area contributed by atoms with Crippen molar-refractivity contribution in [3.63, 3.8) is 0 Å². The molecule has 0 aliphatic carbocycles.